The first-order chi connectivity index (χ1) is 8.04. The highest BCUT2D eigenvalue weighted by Crippen LogP contribution is 2.25. The molecule has 0 amide bonds. The summed E-state index contributed by atoms with van der Waals surface area (Å²) in [5, 5.41) is 8.72. The Morgan fingerprint density at radius 2 is 2.18 bits per heavy atom. The standard InChI is InChI=1S/C14H17BrO2/c1-3-4-11(6-8-14(16)17)12-5-7-13(15)10(2)9-12/h5-7,9H,3-4,8H2,1-2H3,(H,16,17)/b11-6+. The highest BCUT2D eigenvalue weighted by Gasteiger charge is 2.04. The molecular formula is C14H17BrO2. The van der Waals surface area contributed by atoms with Crippen LogP contribution in [0.15, 0.2) is 28.7 Å². The number of carboxylic acids is 1. The van der Waals surface area contributed by atoms with Gasteiger partial charge in [0.05, 0.1) is 6.42 Å². The molecular weight excluding hydrogens is 280 g/mol. The van der Waals surface area contributed by atoms with Gasteiger partial charge in [-0.3, -0.25) is 4.79 Å². The summed E-state index contributed by atoms with van der Waals surface area (Å²) in [6.07, 6.45) is 3.83. The second kappa shape index (κ2) is 6.60. The second-order valence-electron chi connectivity index (χ2n) is 4.04. The molecule has 92 valence electrons. The summed E-state index contributed by atoms with van der Waals surface area (Å²) in [5.41, 5.74) is 3.40. The summed E-state index contributed by atoms with van der Waals surface area (Å²) in [6, 6.07) is 6.13. The largest absolute Gasteiger partial charge is 0.481 e. The molecule has 17 heavy (non-hydrogen) atoms. The molecule has 1 aromatic rings. The summed E-state index contributed by atoms with van der Waals surface area (Å²) in [4.78, 5) is 10.6. The number of rotatable bonds is 5. The molecule has 0 radical (unpaired) electrons. The first kappa shape index (κ1) is 14.0. The summed E-state index contributed by atoms with van der Waals surface area (Å²) in [5.74, 6) is -0.785. The van der Waals surface area contributed by atoms with E-state index in [0.29, 0.717) is 0 Å². The molecule has 0 aliphatic heterocycles. The number of aliphatic carboxylic acids is 1. The second-order valence-corrected chi connectivity index (χ2v) is 4.90. The molecule has 3 heteroatoms. The molecule has 0 spiro atoms. The number of carbonyl (C=O) groups is 1. The maximum absolute atomic E-state index is 10.6. The highest BCUT2D eigenvalue weighted by atomic mass is 79.9. The van der Waals surface area contributed by atoms with E-state index in [1.165, 1.54) is 5.56 Å². The molecule has 1 rings (SSSR count). The Labute approximate surface area is 110 Å². The normalized spacial score (nSPS) is 11.6. The highest BCUT2D eigenvalue weighted by molar-refractivity contribution is 9.10. The first-order valence-electron chi connectivity index (χ1n) is 5.72. The number of carboxylic acid groups (broad SMARTS) is 1. The van der Waals surface area contributed by atoms with Crippen LogP contribution in [0.1, 0.15) is 37.3 Å². The lowest BCUT2D eigenvalue weighted by Crippen LogP contribution is -1.93. The van der Waals surface area contributed by atoms with E-state index in [2.05, 4.69) is 28.9 Å². The van der Waals surface area contributed by atoms with E-state index in [4.69, 9.17) is 5.11 Å². The van der Waals surface area contributed by atoms with Gasteiger partial charge in [0.25, 0.3) is 0 Å². The topological polar surface area (TPSA) is 37.3 Å². The lowest BCUT2D eigenvalue weighted by atomic mass is 9.99. The fraction of sp³-hybridized carbons (Fsp3) is 0.357. The van der Waals surface area contributed by atoms with Gasteiger partial charge >= 0.3 is 5.97 Å². The van der Waals surface area contributed by atoms with E-state index >= 15 is 0 Å². The van der Waals surface area contributed by atoms with Gasteiger partial charge in [0, 0.05) is 4.47 Å². The van der Waals surface area contributed by atoms with Crippen LogP contribution in [0.25, 0.3) is 5.57 Å². The van der Waals surface area contributed by atoms with Crippen molar-refractivity contribution in [1.82, 2.24) is 0 Å². The average Bonchev–Trinajstić information content (AvgIpc) is 2.28. The summed E-state index contributed by atoms with van der Waals surface area (Å²) in [6.45, 7) is 4.13. The van der Waals surface area contributed by atoms with Crippen molar-refractivity contribution in [2.75, 3.05) is 0 Å². The molecule has 1 aromatic carbocycles. The van der Waals surface area contributed by atoms with Gasteiger partial charge < -0.3 is 5.11 Å². The molecule has 0 fully saturated rings. The molecule has 0 aliphatic rings. The monoisotopic (exact) mass is 296 g/mol. The third-order valence-electron chi connectivity index (χ3n) is 2.57. The minimum atomic E-state index is -0.785. The zero-order valence-corrected chi connectivity index (χ0v) is 11.8. The van der Waals surface area contributed by atoms with Gasteiger partial charge in [-0.05, 0) is 36.1 Å². The Hall–Kier alpha value is -1.09. The number of halogens is 1. The van der Waals surface area contributed by atoms with Crippen molar-refractivity contribution in [2.45, 2.75) is 33.1 Å². The van der Waals surface area contributed by atoms with Crippen LogP contribution in [0.3, 0.4) is 0 Å². The zero-order chi connectivity index (χ0) is 12.8. The van der Waals surface area contributed by atoms with E-state index < -0.39 is 5.97 Å². The van der Waals surface area contributed by atoms with Gasteiger partial charge in [-0.1, -0.05) is 47.5 Å². The predicted octanol–water partition coefficient (Wildman–Crippen LogP) is 4.42. The van der Waals surface area contributed by atoms with Gasteiger partial charge in [-0.2, -0.15) is 0 Å². The van der Waals surface area contributed by atoms with Crippen LogP contribution in [0.4, 0.5) is 0 Å². The van der Waals surface area contributed by atoms with Crippen LogP contribution < -0.4 is 0 Å². The Kier molecular flexibility index (Phi) is 5.42. The van der Waals surface area contributed by atoms with E-state index in [0.717, 1.165) is 28.5 Å². The van der Waals surface area contributed by atoms with E-state index in [1.807, 2.05) is 25.1 Å². The van der Waals surface area contributed by atoms with Crippen LogP contribution in [0.2, 0.25) is 0 Å². The lowest BCUT2D eigenvalue weighted by Gasteiger charge is -2.08. The summed E-state index contributed by atoms with van der Waals surface area (Å²) >= 11 is 3.47. The van der Waals surface area contributed by atoms with E-state index in [1.54, 1.807) is 0 Å². The molecule has 0 unspecified atom stereocenters. The molecule has 0 saturated heterocycles. The van der Waals surface area contributed by atoms with Crippen LogP contribution in [0, 0.1) is 6.92 Å². The van der Waals surface area contributed by atoms with Crippen molar-refractivity contribution in [1.29, 1.82) is 0 Å². The number of hydrogen-bond donors (Lipinski definition) is 1. The van der Waals surface area contributed by atoms with E-state index in [9.17, 15) is 4.79 Å². The fourth-order valence-corrected chi connectivity index (χ4v) is 1.94. The third kappa shape index (κ3) is 4.35. The van der Waals surface area contributed by atoms with E-state index in [-0.39, 0.29) is 6.42 Å². The van der Waals surface area contributed by atoms with Gasteiger partial charge in [-0.15, -0.1) is 0 Å². The van der Waals surface area contributed by atoms with Crippen molar-refractivity contribution in [3.63, 3.8) is 0 Å². The van der Waals surface area contributed by atoms with Crippen LogP contribution >= 0.6 is 15.9 Å². The molecule has 0 aromatic heterocycles. The number of allylic oxidation sites excluding steroid dienone is 1. The maximum atomic E-state index is 10.6. The van der Waals surface area contributed by atoms with Crippen molar-refractivity contribution >= 4 is 27.5 Å². The van der Waals surface area contributed by atoms with Crippen molar-refractivity contribution in [2.24, 2.45) is 0 Å². The first-order valence-corrected chi connectivity index (χ1v) is 6.51. The molecule has 0 bridgehead atoms. The van der Waals surface area contributed by atoms with Gasteiger partial charge in [-0.25, -0.2) is 0 Å². The smallest absolute Gasteiger partial charge is 0.307 e. The van der Waals surface area contributed by atoms with Crippen molar-refractivity contribution in [3.05, 3.63) is 39.9 Å². The molecule has 2 nitrogen and oxygen atoms in total. The van der Waals surface area contributed by atoms with Crippen molar-refractivity contribution < 1.29 is 9.90 Å². The molecule has 0 saturated carbocycles. The molecule has 0 atom stereocenters. The van der Waals surface area contributed by atoms with Gasteiger partial charge in [0.15, 0.2) is 0 Å². The summed E-state index contributed by atoms with van der Waals surface area (Å²) < 4.78 is 1.08. The maximum Gasteiger partial charge on any atom is 0.307 e. The molecule has 0 aliphatic carbocycles. The minimum absolute atomic E-state index is 0.0877. The quantitative estimate of drug-likeness (QED) is 0.873. The summed E-state index contributed by atoms with van der Waals surface area (Å²) in [7, 11) is 0. The van der Waals surface area contributed by atoms with Crippen LogP contribution in [0.5, 0.6) is 0 Å². The van der Waals surface area contributed by atoms with Crippen LogP contribution in [-0.4, -0.2) is 11.1 Å². The molecule has 1 N–H and O–H groups in total. The zero-order valence-electron chi connectivity index (χ0n) is 10.2. The SMILES string of the molecule is CCC/C(=C\CC(=O)O)c1ccc(Br)c(C)c1. The number of hydrogen-bond acceptors (Lipinski definition) is 1. The Morgan fingerprint density at radius 1 is 1.47 bits per heavy atom. The Morgan fingerprint density at radius 3 is 2.71 bits per heavy atom. The fourth-order valence-electron chi connectivity index (χ4n) is 1.69. The number of aryl methyl sites for hydroxylation is 1. The van der Waals surface area contributed by atoms with Crippen molar-refractivity contribution in [3.8, 4) is 0 Å². The average molecular weight is 297 g/mol. The number of benzene rings is 1. The van der Waals surface area contributed by atoms with Gasteiger partial charge in [0.2, 0.25) is 0 Å². The lowest BCUT2D eigenvalue weighted by molar-refractivity contribution is -0.135. The predicted molar refractivity (Wildman–Crippen MR) is 74.0 cm³/mol. The minimum Gasteiger partial charge on any atom is -0.481 e. The molecule has 0 heterocycles. The Balaban J connectivity index is 3.00. The van der Waals surface area contributed by atoms with Crippen LogP contribution in [-0.2, 0) is 4.79 Å². The van der Waals surface area contributed by atoms with Gasteiger partial charge in [0.1, 0.15) is 0 Å². The third-order valence-corrected chi connectivity index (χ3v) is 3.46. The Bertz CT molecular complexity index is 436.